The molecule has 0 radical (unpaired) electrons. The van der Waals surface area contributed by atoms with Crippen molar-refractivity contribution in [3.63, 3.8) is 0 Å². The first-order chi connectivity index (χ1) is 12.0. The number of para-hydroxylation sites is 1. The normalized spacial score (nSPS) is 13.5. The molecule has 25 heavy (non-hydrogen) atoms. The molecule has 3 aromatic rings. The van der Waals surface area contributed by atoms with Gasteiger partial charge < -0.3 is 15.0 Å². The van der Waals surface area contributed by atoms with Gasteiger partial charge in [-0.25, -0.2) is 0 Å². The van der Waals surface area contributed by atoms with E-state index in [1.54, 1.807) is 0 Å². The van der Waals surface area contributed by atoms with Crippen molar-refractivity contribution in [2.24, 2.45) is 0 Å². The molecule has 0 saturated heterocycles. The van der Waals surface area contributed by atoms with Crippen LogP contribution in [0.25, 0.3) is 10.9 Å². The third-order valence-electron chi connectivity index (χ3n) is 4.71. The molecule has 1 amide bonds. The van der Waals surface area contributed by atoms with E-state index in [2.05, 4.69) is 36.3 Å². The molecule has 4 heteroatoms. The zero-order chi connectivity index (χ0) is 17.4. The number of nitrogens with one attached hydrogen (secondary N) is 2. The lowest BCUT2D eigenvalue weighted by Gasteiger charge is -2.26. The Balaban J connectivity index is 1.51. The Bertz CT molecular complexity index is 940. The lowest BCUT2D eigenvalue weighted by molar-refractivity contribution is 0.0913. The molecular weight excluding hydrogens is 312 g/mol. The minimum absolute atomic E-state index is 0.0421. The summed E-state index contributed by atoms with van der Waals surface area (Å²) >= 11 is 0. The smallest absolute Gasteiger partial charge is 0.251 e. The third-order valence-corrected chi connectivity index (χ3v) is 4.71. The summed E-state index contributed by atoms with van der Waals surface area (Å²) in [7, 11) is 0. The third kappa shape index (κ3) is 3.12. The van der Waals surface area contributed by atoms with Crippen molar-refractivity contribution in [2.75, 3.05) is 6.61 Å². The molecule has 4 rings (SSSR count). The lowest BCUT2D eigenvalue weighted by atomic mass is 9.94. The van der Waals surface area contributed by atoms with Crippen LogP contribution in [0.1, 0.15) is 35.3 Å². The van der Waals surface area contributed by atoms with Crippen LogP contribution in [-0.2, 0) is 12.8 Å². The fourth-order valence-corrected chi connectivity index (χ4v) is 3.51. The fourth-order valence-electron chi connectivity index (χ4n) is 3.51. The molecule has 2 heterocycles. The van der Waals surface area contributed by atoms with E-state index >= 15 is 0 Å². The van der Waals surface area contributed by atoms with E-state index in [-0.39, 0.29) is 11.4 Å². The first-order valence-electron chi connectivity index (χ1n) is 8.65. The average Bonchev–Trinajstić information content (AvgIpc) is 3.20. The maximum atomic E-state index is 12.7. The van der Waals surface area contributed by atoms with Crippen LogP contribution in [0.15, 0.2) is 48.7 Å². The molecule has 0 atom stereocenters. The number of benzene rings is 2. The number of rotatable bonds is 4. The highest BCUT2D eigenvalue weighted by atomic mass is 16.5. The minimum atomic E-state index is -0.350. The van der Waals surface area contributed by atoms with Gasteiger partial charge in [0.2, 0.25) is 0 Å². The molecular formula is C21H22N2O2. The molecule has 0 unspecified atom stereocenters. The number of ether oxygens (including phenoxy) is 1. The Morgan fingerprint density at radius 2 is 2.08 bits per heavy atom. The van der Waals surface area contributed by atoms with Gasteiger partial charge in [0.15, 0.2) is 0 Å². The summed E-state index contributed by atoms with van der Waals surface area (Å²) in [6, 6.07) is 13.9. The Morgan fingerprint density at radius 3 is 2.96 bits per heavy atom. The number of fused-ring (bicyclic) bond motifs is 2. The van der Waals surface area contributed by atoms with Crippen LogP contribution < -0.4 is 10.1 Å². The molecule has 2 aromatic carbocycles. The minimum Gasteiger partial charge on any atom is -0.493 e. The number of hydrogen-bond donors (Lipinski definition) is 2. The summed E-state index contributed by atoms with van der Waals surface area (Å²) in [5.41, 5.74) is 3.79. The van der Waals surface area contributed by atoms with Crippen LogP contribution in [0.5, 0.6) is 5.75 Å². The second-order valence-electron chi connectivity index (χ2n) is 7.30. The molecule has 1 aromatic heterocycles. The molecule has 0 saturated carbocycles. The molecule has 0 aliphatic carbocycles. The van der Waals surface area contributed by atoms with E-state index < -0.39 is 0 Å². The van der Waals surface area contributed by atoms with Gasteiger partial charge in [-0.3, -0.25) is 4.79 Å². The highest BCUT2D eigenvalue weighted by Gasteiger charge is 2.24. The summed E-state index contributed by atoms with van der Waals surface area (Å²) in [5.74, 6) is 0.856. The van der Waals surface area contributed by atoms with Crippen LogP contribution in [0, 0.1) is 0 Å². The first-order valence-corrected chi connectivity index (χ1v) is 8.65. The first kappa shape index (κ1) is 15.8. The summed E-state index contributed by atoms with van der Waals surface area (Å²) in [5, 5.41) is 4.38. The Labute approximate surface area is 147 Å². The van der Waals surface area contributed by atoms with Crippen molar-refractivity contribution in [1.29, 1.82) is 0 Å². The van der Waals surface area contributed by atoms with Crippen LogP contribution in [-0.4, -0.2) is 23.0 Å². The molecule has 0 bridgehead atoms. The van der Waals surface area contributed by atoms with Crippen molar-refractivity contribution in [2.45, 2.75) is 32.2 Å². The van der Waals surface area contributed by atoms with E-state index in [4.69, 9.17) is 4.74 Å². The lowest BCUT2D eigenvalue weighted by Crippen LogP contribution is -2.45. The highest BCUT2D eigenvalue weighted by Crippen LogP contribution is 2.26. The molecule has 128 valence electrons. The standard InChI is InChI=1S/C21H22N2O2/c1-21(2,12-16-13-22-18-6-4-3-5-17(16)18)23-20(24)15-7-8-19-14(11-15)9-10-25-19/h3-8,11,13,22H,9-10,12H2,1-2H3,(H,23,24). The summed E-state index contributed by atoms with van der Waals surface area (Å²) < 4.78 is 5.51. The number of aromatic nitrogens is 1. The van der Waals surface area contributed by atoms with Gasteiger partial charge in [0.1, 0.15) is 5.75 Å². The number of amides is 1. The second-order valence-corrected chi connectivity index (χ2v) is 7.30. The highest BCUT2D eigenvalue weighted by molar-refractivity contribution is 5.95. The average molecular weight is 334 g/mol. The summed E-state index contributed by atoms with van der Waals surface area (Å²) in [4.78, 5) is 16.0. The van der Waals surface area contributed by atoms with Gasteiger partial charge in [-0.15, -0.1) is 0 Å². The number of aromatic amines is 1. The van der Waals surface area contributed by atoms with E-state index in [0.29, 0.717) is 12.2 Å². The predicted octanol–water partition coefficient (Wildman–Crippen LogP) is 3.85. The van der Waals surface area contributed by atoms with E-state index in [9.17, 15) is 4.79 Å². The van der Waals surface area contributed by atoms with Gasteiger partial charge in [0, 0.05) is 34.6 Å². The molecule has 1 aliphatic heterocycles. The molecule has 0 spiro atoms. The SMILES string of the molecule is CC(C)(Cc1c[nH]c2ccccc12)NC(=O)c1ccc2c(c1)CCO2. The van der Waals surface area contributed by atoms with Gasteiger partial charge in [0.25, 0.3) is 5.91 Å². The van der Waals surface area contributed by atoms with Crippen molar-refractivity contribution >= 4 is 16.8 Å². The maximum absolute atomic E-state index is 12.7. The van der Waals surface area contributed by atoms with Crippen LogP contribution in [0.3, 0.4) is 0 Å². The maximum Gasteiger partial charge on any atom is 0.251 e. The number of hydrogen-bond acceptors (Lipinski definition) is 2. The quantitative estimate of drug-likeness (QED) is 0.761. The van der Waals surface area contributed by atoms with Crippen LogP contribution >= 0.6 is 0 Å². The van der Waals surface area contributed by atoms with E-state index in [0.717, 1.165) is 29.7 Å². The van der Waals surface area contributed by atoms with Gasteiger partial charge in [-0.05, 0) is 55.7 Å². The largest absolute Gasteiger partial charge is 0.493 e. The van der Waals surface area contributed by atoms with Gasteiger partial charge >= 0.3 is 0 Å². The number of carbonyl (C=O) groups excluding carboxylic acids is 1. The van der Waals surface area contributed by atoms with Crippen molar-refractivity contribution in [1.82, 2.24) is 10.3 Å². The molecule has 2 N–H and O–H groups in total. The summed E-state index contributed by atoms with van der Waals surface area (Å²) in [6.07, 6.45) is 3.66. The van der Waals surface area contributed by atoms with Gasteiger partial charge in [0.05, 0.1) is 6.61 Å². The van der Waals surface area contributed by atoms with E-state index in [1.807, 2.05) is 36.5 Å². The van der Waals surface area contributed by atoms with Gasteiger partial charge in [-0.1, -0.05) is 18.2 Å². The monoisotopic (exact) mass is 334 g/mol. The molecule has 4 nitrogen and oxygen atoms in total. The van der Waals surface area contributed by atoms with Crippen molar-refractivity contribution < 1.29 is 9.53 Å². The van der Waals surface area contributed by atoms with Crippen LogP contribution in [0.2, 0.25) is 0 Å². The van der Waals surface area contributed by atoms with Crippen molar-refractivity contribution in [3.05, 3.63) is 65.4 Å². The second kappa shape index (κ2) is 5.96. The Morgan fingerprint density at radius 1 is 1.24 bits per heavy atom. The number of H-pyrrole nitrogens is 1. The number of carbonyl (C=O) groups is 1. The Kier molecular flexibility index (Phi) is 3.75. The Hall–Kier alpha value is -2.75. The molecule has 0 fully saturated rings. The predicted molar refractivity (Wildman–Crippen MR) is 99.2 cm³/mol. The fraction of sp³-hybridized carbons (Fsp3) is 0.286. The zero-order valence-corrected chi connectivity index (χ0v) is 14.6. The molecule has 1 aliphatic rings. The van der Waals surface area contributed by atoms with Crippen molar-refractivity contribution in [3.8, 4) is 5.75 Å². The summed E-state index contributed by atoms with van der Waals surface area (Å²) in [6.45, 7) is 4.82. The van der Waals surface area contributed by atoms with E-state index in [1.165, 1.54) is 10.9 Å². The van der Waals surface area contributed by atoms with Gasteiger partial charge in [-0.2, -0.15) is 0 Å². The van der Waals surface area contributed by atoms with Crippen LogP contribution in [0.4, 0.5) is 0 Å². The zero-order valence-electron chi connectivity index (χ0n) is 14.6. The topological polar surface area (TPSA) is 54.1 Å².